The summed E-state index contributed by atoms with van der Waals surface area (Å²) < 4.78 is 6.42. The summed E-state index contributed by atoms with van der Waals surface area (Å²) in [7, 11) is 3.34. The molecule has 2 N–H and O–H groups in total. The molecule has 1 amide bonds. The molecule has 4 rings (SSSR count). The number of carbonyl (C=O) groups is 1. The Hall–Kier alpha value is -2.34. The largest absolute Gasteiger partial charge is 0.496 e. The van der Waals surface area contributed by atoms with Gasteiger partial charge in [-0.25, -0.2) is 4.99 Å². The molecule has 0 saturated heterocycles. The summed E-state index contributed by atoms with van der Waals surface area (Å²) in [5, 5.41) is 0. The lowest BCUT2D eigenvalue weighted by Gasteiger charge is -2.29. The Morgan fingerprint density at radius 1 is 1.23 bits per heavy atom. The first-order chi connectivity index (χ1) is 12.4. The van der Waals surface area contributed by atoms with Gasteiger partial charge in [-0.2, -0.15) is 0 Å². The molecule has 5 nitrogen and oxygen atoms in total. The van der Waals surface area contributed by atoms with Crippen LogP contribution in [-0.4, -0.2) is 30.9 Å². The fourth-order valence-corrected chi connectivity index (χ4v) is 4.48. The van der Waals surface area contributed by atoms with Gasteiger partial charge in [-0.15, -0.1) is 0 Å². The van der Waals surface area contributed by atoms with Gasteiger partial charge in [0, 0.05) is 11.5 Å². The van der Waals surface area contributed by atoms with Gasteiger partial charge in [-0.05, 0) is 65.8 Å². The second-order valence-electron chi connectivity index (χ2n) is 6.76. The molecular formula is C20H20BrN3O2. The van der Waals surface area contributed by atoms with E-state index in [1.165, 1.54) is 4.90 Å². The van der Waals surface area contributed by atoms with E-state index in [0.717, 1.165) is 50.9 Å². The van der Waals surface area contributed by atoms with Crippen LogP contribution in [0.2, 0.25) is 0 Å². The normalized spacial score (nSPS) is 21.3. The molecule has 0 fully saturated rings. The molecule has 0 saturated carbocycles. The van der Waals surface area contributed by atoms with Crippen LogP contribution in [-0.2, 0) is 23.2 Å². The highest BCUT2D eigenvalue weighted by atomic mass is 79.9. The lowest BCUT2D eigenvalue weighted by atomic mass is 9.79. The predicted octanol–water partition coefficient (Wildman–Crippen LogP) is 2.90. The fraction of sp³-hybridized carbons (Fsp3) is 0.300. The van der Waals surface area contributed by atoms with Crippen LogP contribution < -0.4 is 10.5 Å². The second-order valence-corrected chi connectivity index (χ2v) is 7.68. The van der Waals surface area contributed by atoms with Gasteiger partial charge in [-0.1, -0.05) is 28.1 Å². The molecule has 1 aliphatic carbocycles. The minimum absolute atomic E-state index is 0.123. The number of fused-ring (bicyclic) bond motifs is 4. The third kappa shape index (κ3) is 2.14. The molecule has 0 radical (unpaired) electrons. The molecule has 6 heteroatoms. The van der Waals surface area contributed by atoms with E-state index >= 15 is 0 Å². The average Bonchev–Trinajstić information content (AvgIpc) is 2.78. The van der Waals surface area contributed by atoms with Gasteiger partial charge in [0.2, 0.25) is 0 Å². The Balaban J connectivity index is 2.12. The van der Waals surface area contributed by atoms with E-state index in [0.29, 0.717) is 0 Å². The lowest BCUT2D eigenvalue weighted by Crippen LogP contribution is -2.41. The number of nitrogens with zero attached hydrogens (tertiary/aromatic N) is 2. The van der Waals surface area contributed by atoms with Crippen LogP contribution >= 0.6 is 15.9 Å². The molecule has 2 aromatic rings. The maximum Gasteiger partial charge on any atom is 0.266 e. The van der Waals surface area contributed by atoms with E-state index in [2.05, 4.69) is 22.0 Å². The molecule has 1 aliphatic heterocycles. The standard InChI is InChI=1S/C20H20BrN3O2/c1-11-14-7-5-12-4-6-13(21)10-16(12)20(15(14)8-9-17(11)26-3)18(25)24(2)19(22)23-20/h4,6,8-10H,5,7H2,1-3H3,(H2,22,23). The smallest absolute Gasteiger partial charge is 0.266 e. The highest BCUT2D eigenvalue weighted by Gasteiger charge is 2.52. The van der Waals surface area contributed by atoms with Gasteiger partial charge in [0.25, 0.3) is 5.91 Å². The number of ether oxygens (including phenoxy) is 1. The maximum absolute atomic E-state index is 13.4. The Morgan fingerprint density at radius 2 is 2.00 bits per heavy atom. The van der Waals surface area contributed by atoms with Gasteiger partial charge in [0.1, 0.15) is 5.75 Å². The predicted molar refractivity (Wildman–Crippen MR) is 104 cm³/mol. The number of carbonyl (C=O) groups excluding carboxylic acids is 1. The molecule has 1 unspecified atom stereocenters. The molecular weight excluding hydrogens is 394 g/mol. The molecule has 0 aromatic heterocycles. The van der Waals surface area contributed by atoms with Crippen molar-refractivity contribution in [3.63, 3.8) is 0 Å². The summed E-state index contributed by atoms with van der Waals surface area (Å²) >= 11 is 3.55. The zero-order valence-electron chi connectivity index (χ0n) is 15.0. The minimum Gasteiger partial charge on any atom is -0.496 e. The molecule has 0 bridgehead atoms. The Kier molecular flexibility index (Phi) is 3.84. The van der Waals surface area contributed by atoms with Crippen molar-refractivity contribution in [1.29, 1.82) is 0 Å². The number of aryl methyl sites for hydroxylation is 1. The number of hydrogen-bond acceptors (Lipinski definition) is 4. The van der Waals surface area contributed by atoms with Gasteiger partial charge in [-0.3, -0.25) is 9.69 Å². The lowest BCUT2D eigenvalue weighted by molar-refractivity contribution is -0.129. The first kappa shape index (κ1) is 17.1. The summed E-state index contributed by atoms with van der Waals surface area (Å²) in [6.45, 7) is 2.04. The molecule has 1 heterocycles. The number of aliphatic imine (C=N–C) groups is 1. The van der Waals surface area contributed by atoms with Crippen LogP contribution in [0.1, 0.15) is 27.8 Å². The van der Waals surface area contributed by atoms with E-state index in [1.807, 2.05) is 31.2 Å². The topological polar surface area (TPSA) is 67.9 Å². The van der Waals surface area contributed by atoms with Crippen molar-refractivity contribution in [3.05, 3.63) is 62.6 Å². The third-order valence-electron chi connectivity index (χ3n) is 5.50. The first-order valence-corrected chi connectivity index (χ1v) is 9.28. The first-order valence-electron chi connectivity index (χ1n) is 8.49. The van der Waals surface area contributed by atoms with Crippen molar-refractivity contribution in [3.8, 4) is 5.75 Å². The third-order valence-corrected chi connectivity index (χ3v) is 6.00. The number of likely N-dealkylation sites (N-methyl/N-ethyl adjacent to an activating group) is 1. The van der Waals surface area contributed by atoms with Crippen molar-refractivity contribution >= 4 is 27.8 Å². The van der Waals surface area contributed by atoms with Gasteiger partial charge in [0.05, 0.1) is 7.11 Å². The molecule has 26 heavy (non-hydrogen) atoms. The average molecular weight is 414 g/mol. The highest BCUT2D eigenvalue weighted by molar-refractivity contribution is 9.10. The van der Waals surface area contributed by atoms with Crippen molar-refractivity contribution < 1.29 is 9.53 Å². The number of nitrogens with two attached hydrogens (primary N) is 1. The summed E-state index contributed by atoms with van der Waals surface area (Å²) in [4.78, 5) is 19.6. The van der Waals surface area contributed by atoms with Crippen LogP contribution in [0, 0.1) is 6.92 Å². The number of halogens is 1. The molecule has 1 spiro atoms. The van der Waals surface area contributed by atoms with Crippen LogP contribution in [0.4, 0.5) is 0 Å². The van der Waals surface area contributed by atoms with Gasteiger partial charge >= 0.3 is 0 Å². The number of benzene rings is 2. The quantitative estimate of drug-likeness (QED) is 0.781. The van der Waals surface area contributed by atoms with E-state index < -0.39 is 5.54 Å². The van der Waals surface area contributed by atoms with Crippen molar-refractivity contribution in [2.45, 2.75) is 25.3 Å². The molecule has 1 atom stereocenters. The van der Waals surface area contributed by atoms with Crippen LogP contribution in [0.5, 0.6) is 5.75 Å². The monoisotopic (exact) mass is 413 g/mol. The van der Waals surface area contributed by atoms with E-state index in [-0.39, 0.29) is 11.9 Å². The molecule has 2 aliphatic rings. The SMILES string of the molecule is COc1ccc2c(c1C)CCc1ccc(Br)cc1C21N=C(N)N(C)C1=O. The zero-order chi connectivity index (χ0) is 18.6. The Bertz CT molecular complexity index is 970. The zero-order valence-corrected chi connectivity index (χ0v) is 16.6. The van der Waals surface area contributed by atoms with Crippen LogP contribution in [0.3, 0.4) is 0 Å². The summed E-state index contributed by atoms with van der Waals surface area (Å²) in [5.41, 5.74) is 10.0. The van der Waals surface area contributed by atoms with Gasteiger partial charge in [0.15, 0.2) is 11.5 Å². The van der Waals surface area contributed by atoms with Gasteiger partial charge < -0.3 is 10.5 Å². The summed E-state index contributed by atoms with van der Waals surface area (Å²) in [6.07, 6.45) is 1.65. The fourth-order valence-electron chi connectivity index (χ4n) is 4.12. The highest BCUT2D eigenvalue weighted by Crippen LogP contribution is 2.47. The number of methoxy groups -OCH3 is 1. The van der Waals surface area contributed by atoms with Crippen molar-refractivity contribution in [2.75, 3.05) is 14.2 Å². The summed E-state index contributed by atoms with van der Waals surface area (Å²) in [5.74, 6) is 0.936. The van der Waals surface area contributed by atoms with E-state index in [1.54, 1.807) is 14.2 Å². The number of guanidine groups is 1. The number of hydrogen-bond donors (Lipinski definition) is 1. The van der Waals surface area contributed by atoms with Crippen LogP contribution in [0.15, 0.2) is 39.8 Å². The van der Waals surface area contributed by atoms with Crippen LogP contribution in [0.25, 0.3) is 0 Å². The second kappa shape index (κ2) is 5.84. The number of amides is 1. The van der Waals surface area contributed by atoms with Crippen molar-refractivity contribution in [2.24, 2.45) is 10.7 Å². The molecule has 2 aromatic carbocycles. The van der Waals surface area contributed by atoms with Crippen molar-refractivity contribution in [1.82, 2.24) is 4.90 Å². The Labute approximate surface area is 161 Å². The summed E-state index contributed by atoms with van der Waals surface area (Å²) in [6, 6.07) is 9.95. The molecule has 134 valence electrons. The van der Waals surface area contributed by atoms with E-state index in [4.69, 9.17) is 15.5 Å². The maximum atomic E-state index is 13.4. The number of rotatable bonds is 1. The Morgan fingerprint density at radius 3 is 2.65 bits per heavy atom. The van der Waals surface area contributed by atoms with E-state index in [9.17, 15) is 4.79 Å². The minimum atomic E-state index is -1.14.